The van der Waals surface area contributed by atoms with Gasteiger partial charge in [0.05, 0.1) is 7.11 Å². The predicted octanol–water partition coefficient (Wildman–Crippen LogP) is 1.52. The average Bonchev–Trinajstić information content (AvgIpc) is 2.69. The number of aromatic nitrogens is 1. The Balaban J connectivity index is 2.22. The third kappa shape index (κ3) is 2.47. The SMILES string of the molecule is COC(=O)C(N)Cc1cc2cc(C)ccc2[nH]1. The van der Waals surface area contributed by atoms with Gasteiger partial charge in [0.2, 0.25) is 0 Å². The number of methoxy groups -OCH3 is 1. The van der Waals surface area contributed by atoms with Gasteiger partial charge in [0.15, 0.2) is 0 Å². The molecule has 90 valence electrons. The van der Waals surface area contributed by atoms with Gasteiger partial charge in [0.25, 0.3) is 0 Å². The molecule has 0 aliphatic heterocycles. The zero-order valence-electron chi connectivity index (χ0n) is 9.99. The van der Waals surface area contributed by atoms with Gasteiger partial charge < -0.3 is 15.5 Å². The average molecular weight is 232 g/mol. The molecule has 1 unspecified atom stereocenters. The van der Waals surface area contributed by atoms with Crippen molar-refractivity contribution in [3.8, 4) is 0 Å². The molecule has 1 atom stereocenters. The number of ether oxygens (including phenoxy) is 1. The van der Waals surface area contributed by atoms with Crippen LogP contribution >= 0.6 is 0 Å². The van der Waals surface area contributed by atoms with E-state index in [-0.39, 0.29) is 5.97 Å². The summed E-state index contributed by atoms with van der Waals surface area (Å²) in [7, 11) is 1.34. The number of esters is 1. The van der Waals surface area contributed by atoms with Crippen LogP contribution in [0.25, 0.3) is 10.9 Å². The summed E-state index contributed by atoms with van der Waals surface area (Å²) in [5.74, 6) is -0.389. The monoisotopic (exact) mass is 232 g/mol. The molecule has 0 aliphatic rings. The normalized spacial score (nSPS) is 12.6. The Morgan fingerprint density at radius 1 is 1.47 bits per heavy atom. The largest absolute Gasteiger partial charge is 0.468 e. The summed E-state index contributed by atoms with van der Waals surface area (Å²) in [5.41, 5.74) is 8.93. The van der Waals surface area contributed by atoms with E-state index in [1.807, 2.05) is 25.1 Å². The molecule has 4 heteroatoms. The van der Waals surface area contributed by atoms with Gasteiger partial charge in [-0.25, -0.2) is 0 Å². The van der Waals surface area contributed by atoms with Crippen molar-refractivity contribution in [3.63, 3.8) is 0 Å². The van der Waals surface area contributed by atoms with Crippen molar-refractivity contribution in [1.82, 2.24) is 4.98 Å². The van der Waals surface area contributed by atoms with Crippen LogP contribution in [-0.4, -0.2) is 24.1 Å². The topological polar surface area (TPSA) is 68.1 Å². The van der Waals surface area contributed by atoms with E-state index in [4.69, 9.17) is 5.73 Å². The summed E-state index contributed by atoms with van der Waals surface area (Å²) >= 11 is 0. The van der Waals surface area contributed by atoms with Crippen LogP contribution in [0.1, 0.15) is 11.3 Å². The maximum absolute atomic E-state index is 11.2. The van der Waals surface area contributed by atoms with Crippen LogP contribution in [0, 0.1) is 6.92 Å². The fourth-order valence-electron chi connectivity index (χ4n) is 1.89. The van der Waals surface area contributed by atoms with E-state index in [0.29, 0.717) is 6.42 Å². The second-order valence-electron chi connectivity index (χ2n) is 4.22. The van der Waals surface area contributed by atoms with Gasteiger partial charge in [-0.2, -0.15) is 0 Å². The fourth-order valence-corrected chi connectivity index (χ4v) is 1.89. The van der Waals surface area contributed by atoms with Gasteiger partial charge >= 0.3 is 5.97 Å². The molecule has 2 aromatic rings. The highest BCUT2D eigenvalue weighted by Gasteiger charge is 2.15. The molecule has 4 nitrogen and oxygen atoms in total. The Hall–Kier alpha value is -1.81. The lowest BCUT2D eigenvalue weighted by atomic mass is 10.1. The van der Waals surface area contributed by atoms with E-state index in [2.05, 4.69) is 15.8 Å². The molecule has 0 spiro atoms. The number of rotatable bonds is 3. The lowest BCUT2D eigenvalue weighted by Crippen LogP contribution is -2.33. The molecular weight excluding hydrogens is 216 g/mol. The summed E-state index contributed by atoms with van der Waals surface area (Å²) in [4.78, 5) is 14.5. The van der Waals surface area contributed by atoms with Crippen LogP contribution in [0.4, 0.5) is 0 Å². The first-order valence-corrected chi connectivity index (χ1v) is 5.52. The smallest absolute Gasteiger partial charge is 0.323 e. The van der Waals surface area contributed by atoms with Crippen LogP contribution in [0.15, 0.2) is 24.3 Å². The van der Waals surface area contributed by atoms with Crippen molar-refractivity contribution in [3.05, 3.63) is 35.5 Å². The summed E-state index contributed by atoms with van der Waals surface area (Å²) in [5, 5.41) is 1.14. The Labute approximate surface area is 99.8 Å². The zero-order valence-corrected chi connectivity index (χ0v) is 9.99. The first-order valence-electron chi connectivity index (χ1n) is 5.52. The molecule has 1 heterocycles. The maximum Gasteiger partial charge on any atom is 0.323 e. The Kier molecular flexibility index (Phi) is 3.15. The predicted molar refractivity (Wildman–Crippen MR) is 66.7 cm³/mol. The fraction of sp³-hybridized carbons (Fsp3) is 0.308. The minimum atomic E-state index is -0.617. The van der Waals surface area contributed by atoms with Gasteiger partial charge in [-0.15, -0.1) is 0 Å². The molecule has 2 rings (SSSR count). The zero-order chi connectivity index (χ0) is 12.4. The lowest BCUT2D eigenvalue weighted by molar-refractivity contribution is -0.142. The number of carbonyl (C=O) groups excluding carboxylic acids is 1. The standard InChI is InChI=1S/C13H16N2O2/c1-8-3-4-12-9(5-8)6-10(15-12)7-11(14)13(16)17-2/h3-6,11,15H,7,14H2,1-2H3. The van der Waals surface area contributed by atoms with Crippen molar-refractivity contribution in [2.75, 3.05) is 7.11 Å². The summed E-state index contributed by atoms with van der Waals surface area (Å²) in [6.45, 7) is 2.05. The summed E-state index contributed by atoms with van der Waals surface area (Å²) in [6, 6.07) is 7.57. The minimum Gasteiger partial charge on any atom is -0.468 e. The Morgan fingerprint density at radius 3 is 2.94 bits per heavy atom. The molecule has 17 heavy (non-hydrogen) atoms. The van der Waals surface area contributed by atoms with E-state index >= 15 is 0 Å². The second-order valence-corrected chi connectivity index (χ2v) is 4.22. The molecule has 0 aliphatic carbocycles. The van der Waals surface area contributed by atoms with Gasteiger partial charge in [-0.3, -0.25) is 4.79 Å². The number of aryl methyl sites for hydroxylation is 1. The molecule has 0 amide bonds. The Bertz CT molecular complexity index is 545. The number of nitrogens with two attached hydrogens (primary N) is 1. The van der Waals surface area contributed by atoms with Gasteiger partial charge in [0.1, 0.15) is 6.04 Å². The van der Waals surface area contributed by atoms with Crippen molar-refractivity contribution in [2.45, 2.75) is 19.4 Å². The van der Waals surface area contributed by atoms with E-state index in [1.165, 1.54) is 12.7 Å². The van der Waals surface area contributed by atoms with E-state index in [9.17, 15) is 4.79 Å². The highest BCUT2D eigenvalue weighted by atomic mass is 16.5. The molecule has 0 radical (unpaired) electrons. The number of aromatic amines is 1. The number of hydrogen-bond acceptors (Lipinski definition) is 3. The van der Waals surface area contributed by atoms with Crippen molar-refractivity contribution in [1.29, 1.82) is 0 Å². The van der Waals surface area contributed by atoms with Crippen molar-refractivity contribution >= 4 is 16.9 Å². The molecule has 3 N–H and O–H groups in total. The van der Waals surface area contributed by atoms with Gasteiger partial charge in [-0.1, -0.05) is 11.6 Å². The Morgan fingerprint density at radius 2 is 2.24 bits per heavy atom. The van der Waals surface area contributed by atoms with E-state index in [0.717, 1.165) is 16.6 Å². The quantitative estimate of drug-likeness (QED) is 0.788. The summed E-state index contributed by atoms with van der Waals surface area (Å²) in [6.07, 6.45) is 0.459. The lowest BCUT2D eigenvalue weighted by Gasteiger charge is -2.06. The molecular formula is C13H16N2O2. The second kappa shape index (κ2) is 4.59. The number of carbonyl (C=O) groups is 1. The van der Waals surface area contributed by atoms with Crippen LogP contribution in [0.2, 0.25) is 0 Å². The number of hydrogen-bond donors (Lipinski definition) is 2. The van der Waals surface area contributed by atoms with Crippen molar-refractivity contribution in [2.24, 2.45) is 5.73 Å². The van der Waals surface area contributed by atoms with Crippen LogP contribution < -0.4 is 5.73 Å². The first kappa shape index (κ1) is 11.7. The number of fused-ring (bicyclic) bond motifs is 1. The number of H-pyrrole nitrogens is 1. The van der Waals surface area contributed by atoms with Crippen LogP contribution in [0.3, 0.4) is 0 Å². The maximum atomic E-state index is 11.2. The molecule has 0 bridgehead atoms. The molecule has 1 aromatic carbocycles. The third-order valence-electron chi connectivity index (χ3n) is 2.78. The van der Waals surface area contributed by atoms with E-state index < -0.39 is 6.04 Å². The first-order chi connectivity index (χ1) is 8.10. The molecule has 0 saturated heterocycles. The molecule has 0 saturated carbocycles. The van der Waals surface area contributed by atoms with Gasteiger partial charge in [0, 0.05) is 17.6 Å². The third-order valence-corrected chi connectivity index (χ3v) is 2.78. The highest BCUT2D eigenvalue weighted by Crippen LogP contribution is 2.17. The van der Waals surface area contributed by atoms with E-state index in [1.54, 1.807) is 0 Å². The van der Waals surface area contributed by atoms with Gasteiger partial charge in [-0.05, 0) is 30.5 Å². The molecule has 1 aromatic heterocycles. The number of benzene rings is 1. The van der Waals surface area contributed by atoms with Crippen molar-refractivity contribution < 1.29 is 9.53 Å². The molecule has 0 fully saturated rings. The highest BCUT2D eigenvalue weighted by molar-refractivity contribution is 5.81. The number of nitrogens with one attached hydrogen (secondary N) is 1. The summed E-state index contributed by atoms with van der Waals surface area (Å²) < 4.78 is 4.60. The minimum absolute atomic E-state index is 0.389. The van der Waals surface area contributed by atoms with Crippen LogP contribution in [-0.2, 0) is 16.0 Å². The van der Waals surface area contributed by atoms with Crippen LogP contribution in [0.5, 0.6) is 0 Å².